The molecule has 0 aliphatic carbocycles. The summed E-state index contributed by atoms with van der Waals surface area (Å²) in [6, 6.07) is 2.10. The first kappa shape index (κ1) is 8.51. The molecular weight excluding hydrogens is 140 g/mol. The summed E-state index contributed by atoms with van der Waals surface area (Å²) in [5.74, 6) is 0. The Morgan fingerprint density at radius 1 is 1.64 bits per heavy atom. The molecule has 0 spiro atoms. The Balaban J connectivity index is 1.90. The van der Waals surface area contributed by atoms with Crippen molar-refractivity contribution < 1.29 is 4.74 Å². The minimum absolute atomic E-state index is 0.397. The lowest BCUT2D eigenvalue weighted by molar-refractivity contribution is 0.0660. The molecule has 0 bridgehead atoms. The van der Waals surface area contributed by atoms with Crippen LogP contribution in [0.15, 0.2) is 0 Å². The minimum atomic E-state index is 0.397. The van der Waals surface area contributed by atoms with Crippen molar-refractivity contribution in [1.82, 2.24) is 5.32 Å². The lowest BCUT2D eigenvalue weighted by Gasteiger charge is -2.08. The molecule has 3 nitrogen and oxygen atoms in total. The van der Waals surface area contributed by atoms with Crippen molar-refractivity contribution in [3.8, 4) is 6.07 Å². The average molecular weight is 154 g/mol. The summed E-state index contributed by atoms with van der Waals surface area (Å²) in [6.07, 6.45) is 2.99. The first-order chi connectivity index (χ1) is 5.43. The fourth-order valence-electron chi connectivity index (χ4n) is 1.17. The molecule has 62 valence electrons. The van der Waals surface area contributed by atoms with E-state index in [0.717, 1.165) is 32.5 Å². The molecule has 1 rings (SSSR count). The number of hydrogen-bond acceptors (Lipinski definition) is 3. The van der Waals surface area contributed by atoms with Crippen LogP contribution in [0.5, 0.6) is 0 Å². The fraction of sp³-hybridized carbons (Fsp3) is 0.875. The van der Waals surface area contributed by atoms with Crippen molar-refractivity contribution >= 4 is 0 Å². The van der Waals surface area contributed by atoms with E-state index in [0.29, 0.717) is 12.5 Å². The molecule has 0 aromatic rings. The quantitative estimate of drug-likeness (QED) is 0.605. The van der Waals surface area contributed by atoms with E-state index in [1.54, 1.807) is 0 Å². The Morgan fingerprint density at radius 2 is 2.55 bits per heavy atom. The zero-order chi connectivity index (χ0) is 7.94. The summed E-state index contributed by atoms with van der Waals surface area (Å²) in [4.78, 5) is 0. The molecule has 1 N–H and O–H groups in total. The molecule has 3 heteroatoms. The summed E-state index contributed by atoms with van der Waals surface area (Å²) in [5, 5.41) is 11.5. The van der Waals surface area contributed by atoms with E-state index in [9.17, 15) is 0 Å². The summed E-state index contributed by atoms with van der Waals surface area (Å²) < 4.78 is 5.49. The van der Waals surface area contributed by atoms with Crippen molar-refractivity contribution in [2.45, 2.75) is 25.4 Å². The van der Waals surface area contributed by atoms with Gasteiger partial charge in [0.1, 0.15) is 0 Å². The highest BCUT2D eigenvalue weighted by molar-refractivity contribution is 4.72. The zero-order valence-electron chi connectivity index (χ0n) is 6.68. The number of unbranched alkanes of at least 4 members (excludes halogenated alkanes) is 1. The van der Waals surface area contributed by atoms with Gasteiger partial charge in [-0.1, -0.05) is 0 Å². The third-order valence-electron chi connectivity index (χ3n) is 1.80. The van der Waals surface area contributed by atoms with Crippen LogP contribution in [-0.2, 0) is 4.74 Å². The van der Waals surface area contributed by atoms with Crippen LogP contribution < -0.4 is 5.32 Å². The van der Waals surface area contributed by atoms with Gasteiger partial charge in [-0.05, 0) is 19.4 Å². The molecule has 0 saturated carbocycles. The summed E-state index contributed by atoms with van der Waals surface area (Å²) >= 11 is 0. The Hall–Kier alpha value is -0.590. The predicted octanol–water partition coefficient (Wildman–Crippen LogP) is 0.669. The van der Waals surface area contributed by atoms with Gasteiger partial charge in [0, 0.05) is 19.6 Å². The van der Waals surface area contributed by atoms with Crippen LogP contribution in [0.1, 0.15) is 19.3 Å². The molecule has 0 aromatic heterocycles. The molecule has 1 aliphatic rings. The highest BCUT2D eigenvalue weighted by Gasteiger charge is 2.13. The van der Waals surface area contributed by atoms with E-state index in [4.69, 9.17) is 10.00 Å². The van der Waals surface area contributed by atoms with Gasteiger partial charge in [0.25, 0.3) is 0 Å². The smallest absolute Gasteiger partial charge is 0.0711 e. The van der Waals surface area contributed by atoms with E-state index >= 15 is 0 Å². The Kier molecular flexibility index (Phi) is 3.95. The molecule has 0 amide bonds. The molecule has 1 saturated heterocycles. The maximum Gasteiger partial charge on any atom is 0.0711 e. The van der Waals surface area contributed by atoms with Gasteiger partial charge in [-0.2, -0.15) is 5.26 Å². The Labute approximate surface area is 67.3 Å². The molecule has 11 heavy (non-hydrogen) atoms. The maximum absolute atomic E-state index is 8.24. The summed E-state index contributed by atoms with van der Waals surface area (Å²) in [6.45, 7) is 2.79. The van der Waals surface area contributed by atoms with Gasteiger partial charge in [0.15, 0.2) is 0 Å². The van der Waals surface area contributed by atoms with Gasteiger partial charge in [0.05, 0.1) is 12.2 Å². The third-order valence-corrected chi connectivity index (χ3v) is 1.80. The van der Waals surface area contributed by atoms with Crippen LogP contribution in [0.2, 0.25) is 0 Å². The molecule has 0 radical (unpaired) electrons. The first-order valence-electron chi connectivity index (χ1n) is 4.13. The lowest BCUT2D eigenvalue weighted by Crippen LogP contribution is -2.17. The Morgan fingerprint density at radius 3 is 3.18 bits per heavy atom. The van der Waals surface area contributed by atoms with Crippen molar-refractivity contribution in [3.63, 3.8) is 0 Å². The maximum atomic E-state index is 8.24. The monoisotopic (exact) mass is 154 g/mol. The summed E-state index contributed by atoms with van der Waals surface area (Å²) in [7, 11) is 0. The number of hydrogen-bond donors (Lipinski definition) is 1. The largest absolute Gasteiger partial charge is 0.377 e. The number of nitrogens with one attached hydrogen (secondary N) is 1. The molecule has 1 heterocycles. The fourth-order valence-corrected chi connectivity index (χ4v) is 1.17. The number of ether oxygens (including phenoxy) is 1. The topological polar surface area (TPSA) is 45.0 Å². The van der Waals surface area contributed by atoms with Crippen LogP contribution in [-0.4, -0.2) is 25.8 Å². The normalized spacial score (nSPS) is 23.4. The van der Waals surface area contributed by atoms with E-state index in [1.807, 2.05) is 0 Å². The van der Waals surface area contributed by atoms with Crippen LogP contribution in [0.4, 0.5) is 0 Å². The first-order valence-corrected chi connectivity index (χ1v) is 4.13. The van der Waals surface area contributed by atoms with Crippen LogP contribution >= 0.6 is 0 Å². The van der Waals surface area contributed by atoms with Gasteiger partial charge < -0.3 is 10.1 Å². The van der Waals surface area contributed by atoms with Crippen molar-refractivity contribution in [1.29, 1.82) is 5.26 Å². The van der Waals surface area contributed by atoms with Crippen LogP contribution in [0.3, 0.4) is 0 Å². The second kappa shape index (κ2) is 5.11. The van der Waals surface area contributed by atoms with Crippen molar-refractivity contribution in [3.05, 3.63) is 0 Å². The molecule has 1 fully saturated rings. The Bertz CT molecular complexity index is 136. The van der Waals surface area contributed by atoms with Gasteiger partial charge in [0.2, 0.25) is 0 Å². The van der Waals surface area contributed by atoms with Crippen LogP contribution in [0, 0.1) is 11.3 Å². The second-order valence-electron chi connectivity index (χ2n) is 2.75. The van der Waals surface area contributed by atoms with E-state index in [1.165, 1.54) is 0 Å². The average Bonchev–Trinajstić information content (AvgIpc) is 2.50. The van der Waals surface area contributed by atoms with Crippen LogP contribution in [0.25, 0.3) is 0 Å². The van der Waals surface area contributed by atoms with Gasteiger partial charge in [-0.15, -0.1) is 0 Å². The standard InChI is InChI=1S/C8H14N2O/c9-4-1-2-6-11-8-3-5-10-7-8/h8,10H,1-3,5-7H2. The van der Waals surface area contributed by atoms with Gasteiger partial charge in [-0.3, -0.25) is 0 Å². The highest BCUT2D eigenvalue weighted by atomic mass is 16.5. The summed E-state index contributed by atoms with van der Waals surface area (Å²) in [5.41, 5.74) is 0. The third kappa shape index (κ3) is 3.35. The molecule has 0 aromatic carbocycles. The van der Waals surface area contributed by atoms with Crippen molar-refractivity contribution in [2.75, 3.05) is 19.7 Å². The molecule has 1 aliphatic heterocycles. The SMILES string of the molecule is N#CCCCOC1CCNC1. The minimum Gasteiger partial charge on any atom is -0.377 e. The van der Waals surface area contributed by atoms with E-state index < -0.39 is 0 Å². The molecule has 1 atom stereocenters. The lowest BCUT2D eigenvalue weighted by atomic mass is 10.3. The second-order valence-corrected chi connectivity index (χ2v) is 2.75. The van der Waals surface area contributed by atoms with Gasteiger partial charge >= 0.3 is 0 Å². The van der Waals surface area contributed by atoms with Crippen molar-refractivity contribution in [2.24, 2.45) is 0 Å². The molecule has 1 unspecified atom stereocenters. The number of nitriles is 1. The number of rotatable bonds is 4. The highest BCUT2D eigenvalue weighted by Crippen LogP contribution is 2.03. The number of nitrogens with zero attached hydrogens (tertiary/aromatic N) is 1. The van der Waals surface area contributed by atoms with E-state index in [2.05, 4.69) is 11.4 Å². The zero-order valence-corrected chi connectivity index (χ0v) is 6.68. The van der Waals surface area contributed by atoms with Gasteiger partial charge in [-0.25, -0.2) is 0 Å². The molecular formula is C8H14N2O. The predicted molar refractivity (Wildman–Crippen MR) is 42.1 cm³/mol. The van der Waals surface area contributed by atoms with E-state index in [-0.39, 0.29) is 0 Å².